The highest BCUT2D eigenvalue weighted by Gasteiger charge is 2.35. The van der Waals surface area contributed by atoms with Gasteiger partial charge in [-0.3, -0.25) is 0 Å². The summed E-state index contributed by atoms with van der Waals surface area (Å²) in [6, 6.07) is -0.0512. The highest BCUT2D eigenvalue weighted by molar-refractivity contribution is 5.68. The van der Waals surface area contributed by atoms with Crippen LogP contribution in [-0.2, 0) is 14.2 Å². The number of hydrogen-bond acceptors (Lipinski definition) is 5. The predicted octanol–water partition coefficient (Wildman–Crippen LogP) is 0.718. The number of carbonyl (C=O) groups excluding carboxylic acids is 1. The molecule has 1 aliphatic heterocycles. The fourth-order valence-electron chi connectivity index (χ4n) is 2.05. The Morgan fingerprint density at radius 3 is 2.39 bits per heavy atom. The first-order valence-corrected chi connectivity index (χ1v) is 6.13. The zero-order valence-corrected chi connectivity index (χ0v) is 11.8. The van der Waals surface area contributed by atoms with Crippen molar-refractivity contribution in [2.75, 3.05) is 27.3 Å². The van der Waals surface area contributed by atoms with E-state index in [1.165, 1.54) is 0 Å². The molecule has 106 valence electrons. The van der Waals surface area contributed by atoms with Crippen molar-refractivity contribution in [2.24, 2.45) is 5.92 Å². The summed E-state index contributed by atoms with van der Waals surface area (Å²) in [7, 11) is 3.19. The highest BCUT2D eigenvalue weighted by atomic mass is 16.7. The van der Waals surface area contributed by atoms with Crippen LogP contribution < -0.4 is 10.6 Å². The minimum Gasteiger partial charge on any atom is -0.444 e. The van der Waals surface area contributed by atoms with Gasteiger partial charge < -0.3 is 24.8 Å². The number of rotatable bonds is 4. The van der Waals surface area contributed by atoms with Crippen LogP contribution in [0, 0.1) is 5.92 Å². The number of nitrogens with one attached hydrogen (secondary N) is 2. The summed E-state index contributed by atoms with van der Waals surface area (Å²) in [4.78, 5) is 11.7. The third-order valence-corrected chi connectivity index (χ3v) is 2.78. The molecule has 0 spiro atoms. The Labute approximate surface area is 108 Å². The summed E-state index contributed by atoms with van der Waals surface area (Å²) in [5, 5.41) is 6.06. The average Bonchev–Trinajstić information content (AvgIpc) is 2.65. The Bertz CT molecular complexity index is 274. The van der Waals surface area contributed by atoms with Crippen molar-refractivity contribution in [3.05, 3.63) is 0 Å². The molecular weight excluding hydrogens is 236 g/mol. The molecule has 6 heteroatoms. The van der Waals surface area contributed by atoms with Crippen LogP contribution >= 0.6 is 0 Å². The highest BCUT2D eigenvalue weighted by Crippen LogP contribution is 2.17. The lowest BCUT2D eigenvalue weighted by molar-refractivity contribution is -0.136. The van der Waals surface area contributed by atoms with E-state index >= 15 is 0 Å². The van der Waals surface area contributed by atoms with Gasteiger partial charge >= 0.3 is 6.09 Å². The van der Waals surface area contributed by atoms with Gasteiger partial charge in [-0.15, -0.1) is 0 Å². The molecule has 2 N–H and O–H groups in total. The number of alkyl carbamates (subject to hydrolysis) is 1. The normalized spacial score (nSPS) is 24.3. The molecule has 1 aliphatic rings. The molecule has 0 unspecified atom stereocenters. The number of methoxy groups -OCH3 is 2. The van der Waals surface area contributed by atoms with E-state index in [9.17, 15) is 4.79 Å². The Kier molecular flexibility index (Phi) is 5.37. The maximum Gasteiger partial charge on any atom is 0.407 e. The van der Waals surface area contributed by atoms with E-state index in [2.05, 4.69) is 10.6 Å². The van der Waals surface area contributed by atoms with Gasteiger partial charge in [-0.2, -0.15) is 0 Å². The molecule has 1 amide bonds. The average molecular weight is 260 g/mol. The molecule has 0 aromatic carbocycles. The molecule has 0 saturated carbocycles. The van der Waals surface area contributed by atoms with Crippen molar-refractivity contribution in [3.8, 4) is 0 Å². The second-order valence-electron chi connectivity index (χ2n) is 5.41. The fraction of sp³-hybridized carbons (Fsp3) is 0.917. The predicted molar refractivity (Wildman–Crippen MR) is 67.3 cm³/mol. The molecule has 0 aromatic heterocycles. The van der Waals surface area contributed by atoms with Crippen LogP contribution in [0.25, 0.3) is 0 Å². The summed E-state index contributed by atoms with van der Waals surface area (Å²) in [5.74, 6) is 0.0764. The monoisotopic (exact) mass is 260 g/mol. The maximum absolute atomic E-state index is 11.7. The number of amides is 1. The SMILES string of the molecule is COC(OC)[C@@H]1CNC[C@@H]1NC(=O)OC(C)(C)C. The summed E-state index contributed by atoms with van der Waals surface area (Å²) >= 11 is 0. The molecule has 0 aromatic rings. The molecule has 6 nitrogen and oxygen atoms in total. The minimum atomic E-state index is -0.493. The zero-order chi connectivity index (χ0) is 13.8. The van der Waals surface area contributed by atoms with E-state index in [1.54, 1.807) is 14.2 Å². The van der Waals surface area contributed by atoms with Crippen LogP contribution in [0.2, 0.25) is 0 Å². The first-order valence-electron chi connectivity index (χ1n) is 6.13. The summed E-state index contributed by atoms with van der Waals surface area (Å²) < 4.78 is 15.7. The van der Waals surface area contributed by atoms with Crippen LogP contribution in [0.15, 0.2) is 0 Å². The number of hydrogen-bond donors (Lipinski definition) is 2. The Hall–Kier alpha value is -0.850. The summed E-state index contributed by atoms with van der Waals surface area (Å²) in [5.41, 5.74) is -0.493. The summed E-state index contributed by atoms with van der Waals surface area (Å²) in [6.45, 7) is 6.94. The van der Waals surface area contributed by atoms with Gasteiger partial charge in [0, 0.05) is 33.2 Å². The van der Waals surface area contributed by atoms with E-state index in [4.69, 9.17) is 14.2 Å². The lowest BCUT2D eigenvalue weighted by Crippen LogP contribution is -2.46. The van der Waals surface area contributed by atoms with Crippen LogP contribution in [-0.4, -0.2) is 51.3 Å². The second-order valence-corrected chi connectivity index (χ2v) is 5.41. The molecule has 1 fully saturated rings. The van der Waals surface area contributed by atoms with Crippen molar-refractivity contribution in [3.63, 3.8) is 0 Å². The van der Waals surface area contributed by atoms with Gasteiger partial charge in [0.05, 0.1) is 6.04 Å². The lowest BCUT2D eigenvalue weighted by Gasteiger charge is -2.27. The molecule has 1 saturated heterocycles. The molecule has 18 heavy (non-hydrogen) atoms. The van der Waals surface area contributed by atoms with E-state index in [-0.39, 0.29) is 18.2 Å². The number of ether oxygens (including phenoxy) is 3. The van der Waals surface area contributed by atoms with Crippen molar-refractivity contribution in [1.82, 2.24) is 10.6 Å². The third-order valence-electron chi connectivity index (χ3n) is 2.78. The molecular formula is C12H24N2O4. The molecule has 0 aliphatic carbocycles. The van der Waals surface area contributed by atoms with Gasteiger partial charge in [0.2, 0.25) is 0 Å². The third kappa shape index (κ3) is 4.44. The molecule has 2 atom stereocenters. The van der Waals surface area contributed by atoms with Crippen molar-refractivity contribution >= 4 is 6.09 Å². The van der Waals surface area contributed by atoms with Crippen molar-refractivity contribution in [1.29, 1.82) is 0 Å². The van der Waals surface area contributed by atoms with E-state index in [0.29, 0.717) is 6.54 Å². The van der Waals surface area contributed by atoms with E-state index < -0.39 is 11.7 Å². The first-order chi connectivity index (χ1) is 8.37. The van der Waals surface area contributed by atoms with E-state index in [0.717, 1.165) is 6.54 Å². The standard InChI is InChI=1S/C12H24N2O4/c1-12(2,3)18-11(15)14-9-7-13-6-8(9)10(16-4)17-5/h8-10,13H,6-7H2,1-5H3,(H,14,15)/t8-,9+/m1/s1. The van der Waals surface area contributed by atoms with Gasteiger partial charge in [0.25, 0.3) is 0 Å². The largest absolute Gasteiger partial charge is 0.444 e. The van der Waals surface area contributed by atoms with Gasteiger partial charge in [-0.05, 0) is 20.8 Å². The quantitative estimate of drug-likeness (QED) is 0.729. The van der Waals surface area contributed by atoms with Crippen molar-refractivity contribution in [2.45, 2.75) is 38.7 Å². The lowest BCUT2D eigenvalue weighted by atomic mass is 10.0. The Morgan fingerprint density at radius 1 is 1.28 bits per heavy atom. The van der Waals surface area contributed by atoms with Gasteiger partial charge in [0.15, 0.2) is 6.29 Å². The smallest absolute Gasteiger partial charge is 0.407 e. The topological polar surface area (TPSA) is 68.8 Å². The van der Waals surface area contributed by atoms with Gasteiger partial charge in [-0.25, -0.2) is 4.79 Å². The molecule has 0 bridgehead atoms. The first kappa shape index (κ1) is 15.2. The van der Waals surface area contributed by atoms with Crippen LogP contribution in [0.5, 0.6) is 0 Å². The summed E-state index contributed by atoms with van der Waals surface area (Å²) in [6.07, 6.45) is -0.743. The van der Waals surface area contributed by atoms with Crippen LogP contribution in [0.4, 0.5) is 4.79 Å². The molecule has 0 radical (unpaired) electrons. The maximum atomic E-state index is 11.7. The van der Waals surface area contributed by atoms with Gasteiger partial charge in [-0.1, -0.05) is 0 Å². The minimum absolute atomic E-state index is 0.0512. The second kappa shape index (κ2) is 6.36. The van der Waals surface area contributed by atoms with E-state index in [1.807, 2.05) is 20.8 Å². The van der Waals surface area contributed by atoms with Crippen LogP contribution in [0.3, 0.4) is 0 Å². The molecule has 1 heterocycles. The Morgan fingerprint density at radius 2 is 1.89 bits per heavy atom. The number of carbonyl (C=O) groups is 1. The van der Waals surface area contributed by atoms with Gasteiger partial charge in [0.1, 0.15) is 5.60 Å². The zero-order valence-electron chi connectivity index (χ0n) is 11.8. The Balaban J connectivity index is 2.52. The van der Waals surface area contributed by atoms with Crippen molar-refractivity contribution < 1.29 is 19.0 Å². The van der Waals surface area contributed by atoms with Crippen LogP contribution in [0.1, 0.15) is 20.8 Å². The molecule has 1 rings (SSSR count). The fourth-order valence-corrected chi connectivity index (χ4v) is 2.05.